The summed E-state index contributed by atoms with van der Waals surface area (Å²) in [5.41, 5.74) is 3.94. The van der Waals surface area contributed by atoms with Crippen LogP contribution in [-0.4, -0.2) is 15.2 Å². The van der Waals surface area contributed by atoms with E-state index in [2.05, 4.69) is 69.2 Å². The lowest BCUT2D eigenvalue weighted by Crippen LogP contribution is -1.98. The molecule has 168 valence electrons. The molecule has 0 amide bonds. The fraction of sp³-hybridized carbons (Fsp3) is 0.0370. The van der Waals surface area contributed by atoms with Crippen LogP contribution in [0.1, 0.15) is 10.4 Å². The largest absolute Gasteiger partial charge is 0.338 e. The Balaban J connectivity index is 1.27. The Morgan fingerprint density at radius 1 is 0.971 bits per heavy atom. The van der Waals surface area contributed by atoms with Crippen molar-refractivity contribution in [1.29, 1.82) is 5.26 Å². The molecule has 1 N–H and O–H groups in total. The van der Waals surface area contributed by atoms with E-state index in [0.717, 1.165) is 52.9 Å². The molecule has 0 unspecified atom stereocenters. The Morgan fingerprint density at radius 3 is 2.57 bits per heavy atom. The number of hydrogen-bond acceptors (Lipinski definition) is 8. The zero-order valence-corrected chi connectivity index (χ0v) is 21.0. The molecule has 4 heterocycles. The van der Waals surface area contributed by atoms with Crippen molar-refractivity contribution in [3.63, 3.8) is 0 Å². The number of aryl methyl sites for hydroxylation is 1. The van der Waals surface area contributed by atoms with Gasteiger partial charge in [-0.25, -0.2) is 0 Å². The Kier molecular flexibility index (Phi) is 5.66. The maximum atomic E-state index is 9.22. The predicted molar refractivity (Wildman–Crippen MR) is 146 cm³/mol. The lowest BCUT2D eigenvalue weighted by molar-refractivity contribution is 1.06. The topological polar surface area (TPSA) is 74.5 Å². The van der Waals surface area contributed by atoms with Crippen LogP contribution in [0.15, 0.2) is 88.1 Å². The number of anilines is 2. The van der Waals surface area contributed by atoms with Gasteiger partial charge in [-0.05, 0) is 60.3 Å². The van der Waals surface area contributed by atoms with Crippen molar-refractivity contribution in [2.24, 2.45) is 0 Å². The van der Waals surface area contributed by atoms with E-state index in [1.165, 1.54) is 16.9 Å². The van der Waals surface area contributed by atoms with E-state index in [1.54, 1.807) is 29.3 Å². The van der Waals surface area contributed by atoms with E-state index in [-0.39, 0.29) is 0 Å². The summed E-state index contributed by atoms with van der Waals surface area (Å²) in [6.45, 7) is 2.09. The van der Waals surface area contributed by atoms with Gasteiger partial charge >= 0.3 is 0 Å². The fourth-order valence-corrected chi connectivity index (χ4v) is 6.67. The second-order valence-corrected chi connectivity index (χ2v) is 11.0. The van der Waals surface area contributed by atoms with E-state index in [9.17, 15) is 5.26 Å². The van der Waals surface area contributed by atoms with Gasteiger partial charge in [0.15, 0.2) is 5.82 Å². The molecule has 0 aliphatic rings. The highest BCUT2D eigenvalue weighted by Gasteiger charge is 2.13. The SMILES string of the molecule is Cc1csc(-c2nnc(Nc3ccc(Sc4ccnc5cc(C#N)sc45)cc3)c3ccccc23)c1. The first-order chi connectivity index (χ1) is 17.2. The molecule has 5 nitrogen and oxygen atoms in total. The zero-order chi connectivity index (χ0) is 23.8. The number of nitriles is 1. The van der Waals surface area contributed by atoms with E-state index in [1.807, 2.05) is 36.4 Å². The van der Waals surface area contributed by atoms with Crippen molar-refractivity contribution >= 4 is 66.9 Å². The number of aromatic nitrogens is 3. The molecule has 0 radical (unpaired) electrons. The molecule has 6 aromatic rings. The summed E-state index contributed by atoms with van der Waals surface area (Å²) in [6, 6.07) is 24.7. The molecule has 0 saturated carbocycles. The summed E-state index contributed by atoms with van der Waals surface area (Å²) in [5, 5.41) is 26.0. The summed E-state index contributed by atoms with van der Waals surface area (Å²) in [7, 11) is 0. The van der Waals surface area contributed by atoms with Crippen molar-refractivity contribution in [2.45, 2.75) is 16.7 Å². The first-order valence-corrected chi connectivity index (χ1v) is 13.3. The standard InChI is InChI=1S/C27H17N5S3/c1-16-12-24(33-15-16)25-20-4-2-3-5-21(20)27(32-31-25)30-17-6-8-18(9-7-17)34-23-10-11-29-22-13-19(14-28)35-26(22)23/h2-13,15H,1H3,(H,30,32). The van der Waals surface area contributed by atoms with Crippen molar-refractivity contribution in [2.75, 3.05) is 5.32 Å². The Labute approximate surface area is 214 Å². The highest BCUT2D eigenvalue weighted by Crippen LogP contribution is 2.38. The molecule has 35 heavy (non-hydrogen) atoms. The second kappa shape index (κ2) is 9.12. The summed E-state index contributed by atoms with van der Waals surface area (Å²) in [5.74, 6) is 0.733. The Bertz CT molecular complexity index is 1730. The smallest absolute Gasteiger partial charge is 0.161 e. The second-order valence-electron chi connectivity index (χ2n) is 7.93. The number of nitrogens with zero attached hydrogens (tertiary/aromatic N) is 4. The van der Waals surface area contributed by atoms with Crippen LogP contribution in [0.3, 0.4) is 0 Å². The summed E-state index contributed by atoms with van der Waals surface area (Å²) >= 11 is 4.83. The number of thiophene rings is 2. The van der Waals surface area contributed by atoms with E-state index in [0.29, 0.717) is 4.88 Å². The number of rotatable bonds is 5. The minimum Gasteiger partial charge on any atom is -0.338 e. The van der Waals surface area contributed by atoms with Gasteiger partial charge in [0, 0.05) is 32.4 Å². The van der Waals surface area contributed by atoms with Crippen molar-refractivity contribution in [1.82, 2.24) is 15.2 Å². The van der Waals surface area contributed by atoms with Gasteiger partial charge in [-0.3, -0.25) is 4.98 Å². The quantitative estimate of drug-likeness (QED) is 0.254. The van der Waals surface area contributed by atoms with Crippen molar-refractivity contribution in [3.8, 4) is 16.6 Å². The molecule has 0 saturated heterocycles. The number of hydrogen-bond donors (Lipinski definition) is 1. The first kappa shape index (κ1) is 21.7. The van der Waals surface area contributed by atoms with Crippen molar-refractivity contribution < 1.29 is 0 Å². The van der Waals surface area contributed by atoms with E-state index in [4.69, 9.17) is 0 Å². The maximum Gasteiger partial charge on any atom is 0.161 e. The average molecular weight is 508 g/mol. The molecule has 8 heteroatoms. The lowest BCUT2D eigenvalue weighted by Gasteiger charge is -2.11. The van der Waals surface area contributed by atoms with Gasteiger partial charge in [0.05, 0.1) is 15.1 Å². The number of pyridine rings is 1. The zero-order valence-electron chi connectivity index (χ0n) is 18.5. The Hall–Kier alpha value is -3.77. The molecule has 0 fully saturated rings. The summed E-state index contributed by atoms with van der Waals surface area (Å²) in [6.07, 6.45) is 1.79. The van der Waals surface area contributed by atoms with E-state index < -0.39 is 0 Å². The first-order valence-electron chi connectivity index (χ1n) is 10.8. The molecule has 0 spiro atoms. The molecule has 0 aliphatic carbocycles. The molecule has 2 aromatic carbocycles. The lowest BCUT2D eigenvalue weighted by atomic mass is 10.1. The minimum absolute atomic E-state index is 0.675. The summed E-state index contributed by atoms with van der Waals surface area (Å²) < 4.78 is 1.04. The predicted octanol–water partition coefficient (Wildman–Crippen LogP) is 8.04. The maximum absolute atomic E-state index is 9.22. The van der Waals surface area contributed by atoms with Gasteiger partial charge in [0.25, 0.3) is 0 Å². The third kappa shape index (κ3) is 4.26. The molecule has 0 bridgehead atoms. The minimum atomic E-state index is 0.675. The number of nitrogens with one attached hydrogen (secondary N) is 1. The van der Waals surface area contributed by atoms with Gasteiger partial charge in [-0.15, -0.1) is 32.9 Å². The van der Waals surface area contributed by atoms with Crippen LogP contribution in [0, 0.1) is 18.3 Å². The molecule has 0 aliphatic heterocycles. The molecular formula is C27H17N5S3. The van der Waals surface area contributed by atoms with Crippen LogP contribution in [0.4, 0.5) is 11.5 Å². The van der Waals surface area contributed by atoms with Crippen LogP contribution in [0.25, 0.3) is 31.6 Å². The normalized spacial score (nSPS) is 11.1. The third-order valence-electron chi connectivity index (χ3n) is 5.48. The summed E-state index contributed by atoms with van der Waals surface area (Å²) in [4.78, 5) is 8.39. The number of fused-ring (bicyclic) bond motifs is 2. The fourth-order valence-electron chi connectivity index (χ4n) is 3.85. The average Bonchev–Trinajstić information content (AvgIpc) is 3.52. The van der Waals surface area contributed by atoms with Crippen LogP contribution < -0.4 is 5.32 Å². The van der Waals surface area contributed by atoms with Crippen LogP contribution in [-0.2, 0) is 0 Å². The Morgan fingerprint density at radius 2 is 1.80 bits per heavy atom. The molecule has 0 atom stereocenters. The van der Waals surface area contributed by atoms with Crippen LogP contribution >= 0.6 is 34.4 Å². The highest BCUT2D eigenvalue weighted by atomic mass is 32.2. The van der Waals surface area contributed by atoms with Gasteiger partial charge in [-0.1, -0.05) is 36.0 Å². The van der Waals surface area contributed by atoms with Gasteiger partial charge in [-0.2, -0.15) is 5.26 Å². The third-order valence-corrected chi connectivity index (χ3v) is 8.80. The number of benzene rings is 2. The monoisotopic (exact) mass is 507 g/mol. The van der Waals surface area contributed by atoms with Gasteiger partial charge in [0.1, 0.15) is 16.6 Å². The molecular weight excluding hydrogens is 491 g/mol. The van der Waals surface area contributed by atoms with Gasteiger partial charge in [0.2, 0.25) is 0 Å². The van der Waals surface area contributed by atoms with Crippen LogP contribution in [0.5, 0.6) is 0 Å². The molecule has 6 rings (SSSR count). The van der Waals surface area contributed by atoms with Crippen molar-refractivity contribution in [3.05, 3.63) is 88.7 Å². The van der Waals surface area contributed by atoms with Crippen LogP contribution in [0.2, 0.25) is 0 Å². The van der Waals surface area contributed by atoms with E-state index >= 15 is 0 Å². The molecule has 4 aromatic heterocycles. The highest BCUT2D eigenvalue weighted by molar-refractivity contribution is 7.99. The van der Waals surface area contributed by atoms with Gasteiger partial charge < -0.3 is 5.32 Å².